The van der Waals surface area contributed by atoms with E-state index in [9.17, 15) is 17.6 Å². The molecule has 2 aromatic carbocycles. The van der Waals surface area contributed by atoms with Crippen molar-refractivity contribution >= 4 is 26.7 Å². The lowest BCUT2D eigenvalue weighted by Gasteiger charge is -2.05. The molecule has 0 saturated carbocycles. The molecule has 0 unspecified atom stereocenters. The first kappa shape index (κ1) is 16.4. The number of nitrogens with one attached hydrogen (secondary N) is 2. The van der Waals surface area contributed by atoms with Gasteiger partial charge in [0.2, 0.25) is 10.0 Å². The SMILES string of the molecule is CC(=O)c1ccc2[nH]c(CNS(=O)(=O)c3ccc(F)cc3)cc2c1. The van der Waals surface area contributed by atoms with E-state index in [0.29, 0.717) is 11.3 Å². The van der Waals surface area contributed by atoms with Gasteiger partial charge in [-0.1, -0.05) is 0 Å². The largest absolute Gasteiger partial charge is 0.357 e. The standard InChI is InChI=1S/C17H15FN2O3S/c1-11(21)12-2-7-17-13(8-12)9-15(20-17)10-19-24(22,23)16-5-3-14(18)4-6-16/h2-9,19-20H,10H2,1H3. The monoisotopic (exact) mass is 346 g/mol. The molecule has 1 aromatic heterocycles. The number of carbonyl (C=O) groups is 1. The molecule has 0 fully saturated rings. The fraction of sp³-hybridized carbons (Fsp3) is 0.118. The molecule has 1 heterocycles. The summed E-state index contributed by atoms with van der Waals surface area (Å²) in [5.41, 5.74) is 2.08. The highest BCUT2D eigenvalue weighted by Gasteiger charge is 2.14. The fourth-order valence-corrected chi connectivity index (χ4v) is 3.38. The summed E-state index contributed by atoms with van der Waals surface area (Å²) in [7, 11) is -3.73. The summed E-state index contributed by atoms with van der Waals surface area (Å²) in [6.45, 7) is 1.55. The number of halogens is 1. The molecule has 3 aromatic rings. The zero-order chi connectivity index (χ0) is 17.3. The van der Waals surface area contributed by atoms with E-state index in [0.717, 1.165) is 23.0 Å². The highest BCUT2D eigenvalue weighted by Crippen LogP contribution is 2.18. The Morgan fingerprint density at radius 2 is 1.83 bits per heavy atom. The minimum Gasteiger partial charge on any atom is -0.357 e. The van der Waals surface area contributed by atoms with Gasteiger partial charge < -0.3 is 4.98 Å². The van der Waals surface area contributed by atoms with Crippen LogP contribution in [0.3, 0.4) is 0 Å². The van der Waals surface area contributed by atoms with E-state index in [1.165, 1.54) is 19.1 Å². The molecule has 0 amide bonds. The molecule has 0 atom stereocenters. The number of rotatable bonds is 5. The second-order valence-electron chi connectivity index (χ2n) is 5.43. The van der Waals surface area contributed by atoms with Crippen molar-refractivity contribution in [1.82, 2.24) is 9.71 Å². The van der Waals surface area contributed by atoms with Crippen molar-refractivity contribution in [3.63, 3.8) is 0 Å². The van der Waals surface area contributed by atoms with Crippen LogP contribution in [-0.4, -0.2) is 19.2 Å². The lowest BCUT2D eigenvalue weighted by Crippen LogP contribution is -2.23. The van der Waals surface area contributed by atoms with Crippen molar-refractivity contribution in [1.29, 1.82) is 0 Å². The molecule has 0 aliphatic carbocycles. The van der Waals surface area contributed by atoms with Gasteiger partial charge in [0.05, 0.1) is 11.4 Å². The summed E-state index contributed by atoms with van der Waals surface area (Å²) >= 11 is 0. The van der Waals surface area contributed by atoms with Gasteiger partial charge in [-0.05, 0) is 55.5 Å². The molecule has 3 rings (SSSR count). The number of hydrogen-bond acceptors (Lipinski definition) is 3. The van der Waals surface area contributed by atoms with Crippen LogP contribution < -0.4 is 4.72 Å². The first-order valence-electron chi connectivity index (χ1n) is 7.23. The summed E-state index contributed by atoms with van der Waals surface area (Å²) in [5.74, 6) is -0.525. The maximum absolute atomic E-state index is 12.9. The van der Waals surface area contributed by atoms with Crippen molar-refractivity contribution < 1.29 is 17.6 Å². The Morgan fingerprint density at radius 1 is 1.12 bits per heavy atom. The Hall–Kier alpha value is -2.51. The summed E-state index contributed by atoms with van der Waals surface area (Å²) in [4.78, 5) is 14.5. The minimum absolute atomic E-state index is 0.00104. The number of hydrogen-bond donors (Lipinski definition) is 2. The first-order valence-corrected chi connectivity index (χ1v) is 8.71. The van der Waals surface area contributed by atoms with Crippen LogP contribution in [0, 0.1) is 5.82 Å². The third-order valence-electron chi connectivity index (χ3n) is 3.66. The number of aromatic amines is 1. The van der Waals surface area contributed by atoms with E-state index in [4.69, 9.17) is 0 Å². The van der Waals surface area contributed by atoms with Crippen LogP contribution in [0.15, 0.2) is 53.4 Å². The van der Waals surface area contributed by atoms with Crippen LogP contribution in [-0.2, 0) is 16.6 Å². The Kier molecular flexibility index (Phi) is 4.21. The molecular formula is C17H15FN2O3S. The van der Waals surface area contributed by atoms with Crippen LogP contribution in [0.5, 0.6) is 0 Å². The molecule has 0 aliphatic rings. The van der Waals surface area contributed by atoms with E-state index in [-0.39, 0.29) is 17.2 Å². The van der Waals surface area contributed by atoms with Gasteiger partial charge >= 0.3 is 0 Å². The summed E-state index contributed by atoms with van der Waals surface area (Å²) in [5, 5.41) is 0.832. The predicted molar refractivity (Wildman–Crippen MR) is 88.7 cm³/mol. The molecule has 124 valence electrons. The maximum atomic E-state index is 12.9. The zero-order valence-corrected chi connectivity index (χ0v) is 13.7. The maximum Gasteiger partial charge on any atom is 0.240 e. The lowest BCUT2D eigenvalue weighted by atomic mass is 10.1. The van der Waals surface area contributed by atoms with Crippen LogP contribution in [0.2, 0.25) is 0 Å². The normalized spacial score (nSPS) is 11.8. The highest BCUT2D eigenvalue weighted by atomic mass is 32.2. The van der Waals surface area contributed by atoms with Crippen LogP contribution >= 0.6 is 0 Å². The average molecular weight is 346 g/mol. The predicted octanol–water partition coefficient (Wildman–Crippen LogP) is 2.99. The van der Waals surface area contributed by atoms with Crippen LogP contribution in [0.25, 0.3) is 10.9 Å². The highest BCUT2D eigenvalue weighted by molar-refractivity contribution is 7.89. The van der Waals surface area contributed by atoms with Gasteiger partial charge in [0, 0.05) is 22.2 Å². The lowest BCUT2D eigenvalue weighted by molar-refractivity contribution is 0.101. The average Bonchev–Trinajstić information content (AvgIpc) is 2.95. The molecule has 0 bridgehead atoms. The Balaban J connectivity index is 1.80. The topological polar surface area (TPSA) is 79.0 Å². The van der Waals surface area contributed by atoms with Crippen molar-refractivity contribution in [2.75, 3.05) is 0 Å². The molecule has 0 aliphatic heterocycles. The molecule has 0 spiro atoms. The summed E-state index contributed by atoms with van der Waals surface area (Å²) in [6, 6.07) is 11.7. The molecule has 2 N–H and O–H groups in total. The van der Waals surface area contributed by atoms with E-state index < -0.39 is 15.8 Å². The van der Waals surface area contributed by atoms with E-state index >= 15 is 0 Å². The Labute approximate surface area is 138 Å². The van der Waals surface area contributed by atoms with Gasteiger partial charge in [-0.15, -0.1) is 0 Å². The zero-order valence-electron chi connectivity index (χ0n) is 12.8. The third-order valence-corrected chi connectivity index (χ3v) is 5.08. The van der Waals surface area contributed by atoms with Crippen LogP contribution in [0.4, 0.5) is 4.39 Å². The second-order valence-corrected chi connectivity index (χ2v) is 7.20. The number of ketones is 1. The second kappa shape index (κ2) is 6.18. The Bertz CT molecular complexity index is 1010. The van der Waals surface area contributed by atoms with Crippen molar-refractivity contribution in [2.45, 2.75) is 18.4 Å². The van der Waals surface area contributed by atoms with Crippen molar-refractivity contribution in [2.24, 2.45) is 0 Å². The van der Waals surface area contributed by atoms with Gasteiger partial charge in [-0.25, -0.2) is 17.5 Å². The number of Topliss-reactive ketones (excluding diaryl/α,β-unsaturated/α-hetero) is 1. The third kappa shape index (κ3) is 3.37. The Morgan fingerprint density at radius 3 is 2.50 bits per heavy atom. The molecule has 0 radical (unpaired) electrons. The van der Waals surface area contributed by atoms with Gasteiger partial charge in [0.25, 0.3) is 0 Å². The van der Waals surface area contributed by atoms with Gasteiger partial charge in [-0.3, -0.25) is 4.79 Å². The smallest absolute Gasteiger partial charge is 0.240 e. The number of fused-ring (bicyclic) bond motifs is 1. The van der Waals surface area contributed by atoms with Gasteiger partial charge in [-0.2, -0.15) is 0 Å². The van der Waals surface area contributed by atoms with Crippen LogP contribution in [0.1, 0.15) is 23.0 Å². The van der Waals surface area contributed by atoms with E-state index in [2.05, 4.69) is 9.71 Å². The number of H-pyrrole nitrogens is 1. The minimum atomic E-state index is -3.73. The van der Waals surface area contributed by atoms with E-state index in [1.807, 2.05) is 0 Å². The summed E-state index contributed by atoms with van der Waals surface area (Å²) < 4.78 is 39.7. The number of benzene rings is 2. The van der Waals surface area contributed by atoms with Gasteiger partial charge in [0.1, 0.15) is 5.82 Å². The number of carbonyl (C=O) groups excluding carboxylic acids is 1. The quantitative estimate of drug-likeness (QED) is 0.697. The molecule has 5 nitrogen and oxygen atoms in total. The fourth-order valence-electron chi connectivity index (χ4n) is 2.38. The summed E-state index contributed by atoms with van der Waals surface area (Å²) in [6.07, 6.45) is 0. The van der Waals surface area contributed by atoms with Gasteiger partial charge in [0.15, 0.2) is 5.78 Å². The molecular weight excluding hydrogens is 331 g/mol. The molecule has 24 heavy (non-hydrogen) atoms. The first-order chi connectivity index (χ1) is 11.3. The van der Waals surface area contributed by atoms with E-state index in [1.54, 1.807) is 24.3 Å². The molecule has 0 saturated heterocycles. The number of aromatic nitrogens is 1. The number of sulfonamides is 1. The van der Waals surface area contributed by atoms with Crippen molar-refractivity contribution in [3.05, 3.63) is 65.6 Å². The van der Waals surface area contributed by atoms with Crippen molar-refractivity contribution in [3.8, 4) is 0 Å². The molecule has 7 heteroatoms.